The molecule has 0 aliphatic carbocycles. The van der Waals surface area contributed by atoms with Crippen molar-refractivity contribution < 1.29 is 14.3 Å². The molecular formula is C22H26Cl2N2O3. The Balaban J connectivity index is 2.13. The first-order valence-electron chi connectivity index (χ1n) is 9.52. The van der Waals surface area contributed by atoms with Gasteiger partial charge in [-0.15, -0.1) is 0 Å². The summed E-state index contributed by atoms with van der Waals surface area (Å²) in [6, 6.07) is 11.8. The zero-order chi connectivity index (χ0) is 21.4. The SMILES string of the molecule is CCCNC(=O)C(C)N(Cc1ccc(Cl)cc1)C(=O)COc1ccc(Cl)c(C)c1. The van der Waals surface area contributed by atoms with E-state index in [0.29, 0.717) is 22.3 Å². The molecule has 0 saturated heterocycles. The number of ether oxygens (including phenoxy) is 1. The van der Waals surface area contributed by atoms with Crippen molar-refractivity contribution in [2.45, 2.75) is 39.8 Å². The Morgan fingerprint density at radius 1 is 1.14 bits per heavy atom. The summed E-state index contributed by atoms with van der Waals surface area (Å²) in [5.74, 6) is 0.0676. The van der Waals surface area contributed by atoms with Crippen molar-refractivity contribution in [3.63, 3.8) is 0 Å². The molecule has 0 fully saturated rings. The number of carbonyl (C=O) groups excluding carboxylic acids is 2. The third-order valence-corrected chi connectivity index (χ3v) is 5.15. The van der Waals surface area contributed by atoms with Crippen LogP contribution in [0.1, 0.15) is 31.4 Å². The number of nitrogens with zero attached hydrogens (tertiary/aromatic N) is 1. The summed E-state index contributed by atoms with van der Waals surface area (Å²) < 4.78 is 5.65. The highest BCUT2D eigenvalue weighted by Gasteiger charge is 2.26. The summed E-state index contributed by atoms with van der Waals surface area (Å²) in [4.78, 5) is 26.9. The standard InChI is InChI=1S/C22H26Cl2N2O3/c1-4-11-25-22(28)16(3)26(13-17-5-7-18(23)8-6-17)21(27)14-29-19-9-10-20(24)15(2)12-19/h5-10,12,16H,4,11,13-14H2,1-3H3,(H,25,28). The van der Waals surface area contributed by atoms with Crippen molar-refractivity contribution in [3.8, 4) is 5.75 Å². The maximum Gasteiger partial charge on any atom is 0.261 e. The summed E-state index contributed by atoms with van der Waals surface area (Å²) in [5.41, 5.74) is 1.74. The minimum Gasteiger partial charge on any atom is -0.484 e. The molecular weight excluding hydrogens is 411 g/mol. The molecule has 1 N–H and O–H groups in total. The van der Waals surface area contributed by atoms with Gasteiger partial charge in [0.1, 0.15) is 11.8 Å². The largest absolute Gasteiger partial charge is 0.484 e. The van der Waals surface area contributed by atoms with Crippen LogP contribution in [-0.2, 0) is 16.1 Å². The molecule has 2 rings (SSSR count). The smallest absolute Gasteiger partial charge is 0.261 e. The van der Waals surface area contributed by atoms with Crippen LogP contribution >= 0.6 is 23.2 Å². The van der Waals surface area contributed by atoms with Gasteiger partial charge in [0.2, 0.25) is 5.91 Å². The molecule has 29 heavy (non-hydrogen) atoms. The number of carbonyl (C=O) groups is 2. The van der Waals surface area contributed by atoms with Crippen LogP contribution < -0.4 is 10.1 Å². The molecule has 2 aromatic carbocycles. The van der Waals surface area contributed by atoms with Crippen LogP contribution in [0.3, 0.4) is 0 Å². The van der Waals surface area contributed by atoms with Crippen molar-refractivity contribution in [1.29, 1.82) is 0 Å². The number of hydrogen-bond acceptors (Lipinski definition) is 3. The molecule has 1 atom stereocenters. The topological polar surface area (TPSA) is 58.6 Å². The highest BCUT2D eigenvalue weighted by atomic mass is 35.5. The Morgan fingerprint density at radius 2 is 1.83 bits per heavy atom. The lowest BCUT2D eigenvalue weighted by Gasteiger charge is -2.28. The molecule has 7 heteroatoms. The average Bonchev–Trinajstić information content (AvgIpc) is 2.71. The van der Waals surface area contributed by atoms with E-state index in [1.54, 1.807) is 37.3 Å². The second-order valence-corrected chi connectivity index (χ2v) is 7.66. The van der Waals surface area contributed by atoms with Gasteiger partial charge in [-0.1, -0.05) is 42.3 Å². The van der Waals surface area contributed by atoms with Gasteiger partial charge in [-0.05, 0) is 61.7 Å². The van der Waals surface area contributed by atoms with Crippen molar-refractivity contribution in [3.05, 3.63) is 63.6 Å². The Bertz CT molecular complexity index is 840. The van der Waals surface area contributed by atoms with Gasteiger partial charge in [0, 0.05) is 23.1 Å². The Labute approximate surface area is 181 Å². The zero-order valence-electron chi connectivity index (χ0n) is 16.9. The maximum atomic E-state index is 12.9. The van der Waals surface area contributed by atoms with Crippen LogP contribution in [-0.4, -0.2) is 35.9 Å². The van der Waals surface area contributed by atoms with Gasteiger partial charge < -0.3 is 15.0 Å². The normalized spacial score (nSPS) is 11.6. The highest BCUT2D eigenvalue weighted by molar-refractivity contribution is 6.31. The lowest BCUT2D eigenvalue weighted by atomic mass is 10.1. The van der Waals surface area contributed by atoms with Crippen molar-refractivity contribution in [2.24, 2.45) is 0 Å². The van der Waals surface area contributed by atoms with E-state index in [1.165, 1.54) is 4.90 Å². The van der Waals surface area contributed by atoms with Crippen LogP contribution in [0.15, 0.2) is 42.5 Å². The summed E-state index contributed by atoms with van der Waals surface area (Å²) >= 11 is 12.0. The molecule has 0 heterocycles. The minimum atomic E-state index is -0.639. The van der Waals surface area contributed by atoms with Crippen LogP contribution in [0.25, 0.3) is 0 Å². The summed E-state index contributed by atoms with van der Waals surface area (Å²) in [5, 5.41) is 4.09. The number of aryl methyl sites for hydroxylation is 1. The first-order valence-corrected chi connectivity index (χ1v) is 10.3. The van der Waals surface area contributed by atoms with E-state index in [4.69, 9.17) is 27.9 Å². The number of amides is 2. The van der Waals surface area contributed by atoms with Gasteiger partial charge in [0.25, 0.3) is 5.91 Å². The van der Waals surface area contributed by atoms with E-state index < -0.39 is 6.04 Å². The van der Waals surface area contributed by atoms with E-state index in [2.05, 4.69) is 5.32 Å². The fourth-order valence-electron chi connectivity index (χ4n) is 2.70. The average molecular weight is 437 g/mol. The molecule has 0 aliphatic rings. The third kappa shape index (κ3) is 6.94. The highest BCUT2D eigenvalue weighted by Crippen LogP contribution is 2.21. The first-order chi connectivity index (χ1) is 13.8. The van der Waals surface area contributed by atoms with Crippen LogP contribution in [0.5, 0.6) is 5.75 Å². The lowest BCUT2D eigenvalue weighted by Crippen LogP contribution is -2.49. The molecule has 0 saturated carbocycles. The second kappa shape index (κ2) is 11.1. The Hall–Kier alpha value is -2.24. The van der Waals surface area contributed by atoms with Gasteiger partial charge in [-0.2, -0.15) is 0 Å². The van der Waals surface area contributed by atoms with Gasteiger partial charge in [-0.3, -0.25) is 9.59 Å². The monoisotopic (exact) mass is 436 g/mol. The number of nitrogens with one attached hydrogen (secondary N) is 1. The minimum absolute atomic E-state index is 0.180. The molecule has 156 valence electrons. The fraction of sp³-hybridized carbons (Fsp3) is 0.364. The maximum absolute atomic E-state index is 12.9. The number of benzene rings is 2. The fourth-order valence-corrected chi connectivity index (χ4v) is 2.94. The van der Waals surface area contributed by atoms with E-state index in [0.717, 1.165) is 17.5 Å². The van der Waals surface area contributed by atoms with Crippen LogP contribution in [0.2, 0.25) is 10.0 Å². The van der Waals surface area contributed by atoms with Crippen LogP contribution in [0, 0.1) is 6.92 Å². The predicted molar refractivity (Wildman–Crippen MR) is 116 cm³/mol. The van der Waals surface area contributed by atoms with E-state index in [9.17, 15) is 9.59 Å². The molecule has 0 spiro atoms. The number of halogens is 2. The molecule has 0 radical (unpaired) electrons. The first kappa shape index (κ1) is 23.0. The van der Waals surface area contributed by atoms with E-state index in [-0.39, 0.29) is 25.0 Å². The molecule has 1 unspecified atom stereocenters. The van der Waals surface area contributed by atoms with Gasteiger partial charge in [0.15, 0.2) is 6.61 Å². The van der Waals surface area contributed by atoms with Crippen LogP contribution in [0.4, 0.5) is 0 Å². The zero-order valence-corrected chi connectivity index (χ0v) is 18.4. The molecule has 2 aromatic rings. The molecule has 0 aliphatic heterocycles. The van der Waals surface area contributed by atoms with Crippen molar-refractivity contribution in [1.82, 2.24) is 10.2 Å². The molecule has 0 aromatic heterocycles. The second-order valence-electron chi connectivity index (χ2n) is 6.81. The van der Waals surface area contributed by atoms with E-state index >= 15 is 0 Å². The third-order valence-electron chi connectivity index (χ3n) is 4.47. The lowest BCUT2D eigenvalue weighted by molar-refractivity contribution is -0.142. The van der Waals surface area contributed by atoms with E-state index in [1.807, 2.05) is 26.0 Å². The van der Waals surface area contributed by atoms with Gasteiger partial charge in [0.05, 0.1) is 0 Å². The Morgan fingerprint density at radius 3 is 2.45 bits per heavy atom. The van der Waals surface area contributed by atoms with Crippen molar-refractivity contribution in [2.75, 3.05) is 13.2 Å². The Kier molecular flexibility index (Phi) is 8.80. The summed E-state index contributed by atoms with van der Waals surface area (Å²) in [7, 11) is 0. The van der Waals surface area contributed by atoms with Gasteiger partial charge in [-0.25, -0.2) is 0 Å². The molecule has 5 nitrogen and oxygen atoms in total. The predicted octanol–water partition coefficient (Wildman–Crippen LogP) is 4.62. The number of rotatable bonds is 9. The number of hydrogen-bond donors (Lipinski definition) is 1. The summed E-state index contributed by atoms with van der Waals surface area (Å²) in [6.45, 7) is 6.21. The molecule has 2 amide bonds. The molecule has 0 bridgehead atoms. The quantitative estimate of drug-likeness (QED) is 0.623. The summed E-state index contributed by atoms with van der Waals surface area (Å²) in [6.07, 6.45) is 0.822. The van der Waals surface area contributed by atoms with Crippen molar-refractivity contribution >= 4 is 35.0 Å². The van der Waals surface area contributed by atoms with Gasteiger partial charge >= 0.3 is 0 Å².